The Morgan fingerprint density at radius 2 is 1.67 bits per heavy atom. The van der Waals surface area contributed by atoms with Crippen LogP contribution >= 0.6 is 11.5 Å². The molecule has 236 valence electrons. The normalized spacial score (nSPS) is 19.3. The molecule has 1 atom stereocenters. The number of esters is 1. The summed E-state index contributed by atoms with van der Waals surface area (Å²) in [6, 6.07) is 22.9. The number of benzene rings is 3. The summed E-state index contributed by atoms with van der Waals surface area (Å²) in [6.07, 6.45) is 1.11. The summed E-state index contributed by atoms with van der Waals surface area (Å²) < 4.78 is 10.8. The lowest BCUT2D eigenvalue weighted by atomic mass is 9.73. The van der Waals surface area contributed by atoms with E-state index in [0.29, 0.717) is 50.2 Å². The second kappa shape index (κ2) is 11.9. The maximum Gasteiger partial charge on any atom is 0.337 e. The van der Waals surface area contributed by atoms with E-state index in [-0.39, 0.29) is 23.7 Å². The van der Waals surface area contributed by atoms with Crippen LogP contribution in [0.3, 0.4) is 0 Å². The van der Waals surface area contributed by atoms with Gasteiger partial charge in [-0.15, -0.1) is 0 Å². The summed E-state index contributed by atoms with van der Waals surface area (Å²) >= 11 is 1.50. The second-order valence-electron chi connectivity index (χ2n) is 13.0. The maximum atomic E-state index is 14.2. The molecule has 3 aromatic carbocycles. The molecular weight excluding hydrogens is 598 g/mol. The molecule has 46 heavy (non-hydrogen) atoms. The van der Waals surface area contributed by atoms with E-state index in [9.17, 15) is 14.4 Å². The quantitative estimate of drug-likeness (QED) is 0.265. The first-order valence-electron chi connectivity index (χ1n) is 15.7. The monoisotopic (exact) mass is 635 g/mol. The van der Waals surface area contributed by atoms with E-state index < -0.39 is 12.0 Å². The Kier molecular flexibility index (Phi) is 7.76. The van der Waals surface area contributed by atoms with Gasteiger partial charge in [0.2, 0.25) is 5.91 Å². The van der Waals surface area contributed by atoms with Gasteiger partial charge >= 0.3 is 5.97 Å². The summed E-state index contributed by atoms with van der Waals surface area (Å²) in [5.41, 5.74) is 4.33. The Balaban J connectivity index is 1.22. The number of nitrogens with one attached hydrogen (secondary N) is 1. The zero-order chi connectivity index (χ0) is 32.0. The van der Waals surface area contributed by atoms with Gasteiger partial charge in [0, 0.05) is 49.3 Å². The number of carbonyl (C=O) groups is 3. The average molecular weight is 636 g/mol. The number of allylic oxidation sites excluding steroid dienone is 1. The largest absolute Gasteiger partial charge is 0.465 e. The summed E-state index contributed by atoms with van der Waals surface area (Å²) in [7, 11) is 1.36. The third-order valence-corrected chi connectivity index (χ3v) is 10.1. The number of ketones is 1. The van der Waals surface area contributed by atoms with Crippen molar-refractivity contribution in [2.75, 3.05) is 55.0 Å². The molecule has 1 saturated heterocycles. The topological polar surface area (TPSA) is 95.1 Å². The van der Waals surface area contributed by atoms with Gasteiger partial charge in [0.05, 0.1) is 41.3 Å². The van der Waals surface area contributed by atoms with Gasteiger partial charge in [-0.2, -0.15) is 4.37 Å². The lowest BCUT2D eigenvalue weighted by molar-refractivity contribution is -0.130. The van der Waals surface area contributed by atoms with Gasteiger partial charge in [-0.3, -0.25) is 9.59 Å². The number of nitrogens with zero attached hydrogens (tertiary/aromatic N) is 4. The molecule has 7 rings (SSSR count). The molecule has 4 aromatic rings. The number of methoxy groups -OCH3 is 1. The SMILES string of the molecule is COC(=O)c1ccc(C2C3=C(CC(C)(C)CC3=O)Nc3ccccc3N2CC(=O)N2CCN(c3nsc4ccccc34)CC2)cc1. The molecule has 1 N–H and O–H groups in total. The minimum Gasteiger partial charge on any atom is -0.465 e. The number of rotatable bonds is 5. The molecule has 0 spiro atoms. The molecule has 1 fully saturated rings. The van der Waals surface area contributed by atoms with Crippen molar-refractivity contribution in [2.24, 2.45) is 5.41 Å². The predicted octanol–water partition coefficient (Wildman–Crippen LogP) is 6.05. The van der Waals surface area contributed by atoms with E-state index >= 15 is 0 Å². The van der Waals surface area contributed by atoms with Crippen molar-refractivity contribution in [1.82, 2.24) is 9.27 Å². The molecule has 0 saturated carbocycles. The Hall–Kier alpha value is -4.70. The number of piperazine rings is 1. The molecule has 3 heterocycles. The molecule has 0 radical (unpaired) electrons. The second-order valence-corrected chi connectivity index (χ2v) is 13.8. The zero-order valence-electron chi connectivity index (χ0n) is 26.3. The Labute approximate surface area is 272 Å². The summed E-state index contributed by atoms with van der Waals surface area (Å²) in [4.78, 5) is 46.7. The van der Waals surface area contributed by atoms with Crippen molar-refractivity contribution in [1.29, 1.82) is 0 Å². The Morgan fingerprint density at radius 1 is 0.957 bits per heavy atom. The number of para-hydroxylation sites is 2. The van der Waals surface area contributed by atoms with E-state index in [1.54, 1.807) is 12.1 Å². The standard InChI is InChI=1S/C36H37N5O4S/c1-36(2)20-27-32(29(42)21-36)33(23-12-14-24(15-13-23)35(44)45-3)41(28-10-6-5-9-26(28)37-27)22-31(43)39-16-18-40(19-17-39)34-25-8-4-7-11-30(25)46-38-34/h4-15,33,37H,16-22H2,1-3H3. The van der Waals surface area contributed by atoms with Gasteiger partial charge in [-0.25, -0.2) is 4.79 Å². The Bertz CT molecular complexity index is 1860. The average Bonchev–Trinajstić information content (AvgIpc) is 3.44. The van der Waals surface area contributed by atoms with Crippen LogP contribution in [0, 0.1) is 5.41 Å². The van der Waals surface area contributed by atoms with Gasteiger partial charge < -0.3 is 24.8 Å². The van der Waals surface area contributed by atoms with Crippen molar-refractivity contribution in [3.05, 3.63) is 95.2 Å². The maximum absolute atomic E-state index is 14.2. The number of ether oxygens (including phenoxy) is 1. The first-order valence-corrected chi connectivity index (χ1v) is 16.4. The molecule has 10 heteroatoms. The van der Waals surface area contributed by atoms with Crippen molar-refractivity contribution in [3.8, 4) is 0 Å². The van der Waals surface area contributed by atoms with Crippen LogP contribution in [0.5, 0.6) is 0 Å². The summed E-state index contributed by atoms with van der Waals surface area (Å²) in [5, 5.41) is 4.76. The molecule has 3 aliphatic rings. The highest BCUT2D eigenvalue weighted by molar-refractivity contribution is 7.13. The molecule has 9 nitrogen and oxygen atoms in total. The smallest absolute Gasteiger partial charge is 0.337 e. The lowest BCUT2D eigenvalue weighted by Crippen LogP contribution is -2.52. The van der Waals surface area contributed by atoms with E-state index in [1.807, 2.05) is 53.4 Å². The predicted molar refractivity (Wildman–Crippen MR) is 181 cm³/mol. The number of anilines is 3. The molecule has 0 bridgehead atoms. The molecule has 1 unspecified atom stereocenters. The van der Waals surface area contributed by atoms with Crippen LogP contribution in [0.4, 0.5) is 17.2 Å². The third-order valence-electron chi connectivity index (χ3n) is 9.25. The zero-order valence-corrected chi connectivity index (χ0v) is 27.1. The minimum atomic E-state index is -0.520. The Morgan fingerprint density at radius 3 is 2.43 bits per heavy atom. The van der Waals surface area contributed by atoms with E-state index in [4.69, 9.17) is 9.11 Å². The molecule has 1 aromatic heterocycles. The number of hydrogen-bond acceptors (Lipinski definition) is 9. The first kappa shape index (κ1) is 30.0. The van der Waals surface area contributed by atoms with Gasteiger partial charge in [0.1, 0.15) is 5.82 Å². The number of fused-ring (bicyclic) bond motifs is 2. The van der Waals surface area contributed by atoms with Crippen LogP contribution in [-0.2, 0) is 14.3 Å². The molecule has 1 aliphatic carbocycles. The summed E-state index contributed by atoms with van der Waals surface area (Å²) in [5.74, 6) is 0.622. The highest BCUT2D eigenvalue weighted by Gasteiger charge is 2.42. The lowest BCUT2D eigenvalue weighted by Gasteiger charge is -2.40. The van der Waals surface area contributed by atoms with Crippen molar-refractivity contribution >= 4 is 56.5 Å². The fourth-order valence-electron chi connectivity index (χ4n) is 7.01. The number of carbonyl (C=O) groups excluding carboxylic acids is 3. The van der Waals surface area contributed by atoms with Gasteiger partial charge in [0.25, 0.3) is 0 Å². The van der Waals surface area contributed by atoms with E-state index in [1.165, 1.54) is 18.6 Å². The van der Waals surface area contributed by atoms with Crippen LogP contribution < -0.4 is 15.1 Å². The first-order chi connectivity index (χ1) is 22.2. The van der Waals surface area contributed by atoms with Crippen LogP contribution in [0.2, 0.25) is 0 Å². The van der Waals surface area contributed by atoms with Crippen molar-refractivity contribution < 1.29 is 19.1 Å². The van der Waals surface area contributed by atoms with Gasteiger partial charge in [-0.05, 0) is 65.3 Å². The van der Waals surface area contributed by atoms with Gasteiger partial charge in [-0.1, -0.05) is 50.2 Å². The number of hydrogen-bond donors (Lipinski definition) is 1. The molecular formula is C36H37N5O4S. The van der Waals surface area contributed by atoms with Crippen LogP contribution in [0.15, 0.2) is 84.1 Å². The fourth-order valence-corrected chi connectivity index (χ4v) is 7.80. The minimum absolute atomic E-state index is 0.00130. The molecule has 2 aliphatic heterocycles. The van der Waals surface area contributed by atoms with Crippen LogP contribution in [0.1, 0.15) is 48.7 Å². The highest BCUT2D eigenvalue weighted by atomic mass is 32.1. The van der Waals surface area contributed by atoms with Crippen molar-refractivity contribution in [3.63, 3.8) is 0 Å². The third kappa shape index (κ3) is 5.51. The van der Waals surface area contributed by atoms with E-state index in [2.05, 4.69) is 41.1 Å². The van der Waals surface area contributed by atoms with Gasteiger partial charge in [0.15, 0.2) is 5.78 Å². The van der Waals surface area contributed by atoms with Crippen LogP contribution in [0.25, 0.3) is 10.1 Å². The van der Waals surface area contributed by atoms with Crippen LogP contribution in [-0.4, -0.2) is 66.8 Å². The highest BCUT2D eigenvalue weighted by Crippen LogP contribution is 2.48. The fraction of sp³-hybridized carbons (Fsp3) is 0.333. The summed E-state index contributed by atoms with van der Waals surface area (Å²) in [6.45, 7) is 6.87. The van der Waals surface area contributed by atoms with Crippen molar-refractivity contribution in [2.45, 2.75) is 32.7 Å². The number of amides is 1. The molecule has 1 amide bonds. The number of Topliss-reactive ketones (excluding diaryl/α,β-unsaturated/α-hetero) is 1. The van der Waals surface area contributed by atoms with E-state index in [0.717, 1.165) is 38.5 Å². The number of aromatic nitrogens is 1.